The van der Waals surface area contributed by atoms with Crippen molar-refractivity contribution in [2.75, 3.05) is 20.2 Å². The van der Waals surface area contributed by atoms with Crippen LogP contribution in [0.2, 0.25) is 0 Å². The first kappa shape index (κ1) is 19.3. The van der Waals surface area contributed by atoms with Crippen LogP contribution in [0, 0.1) is 6.92 Å². The third-order valence-corrected chi connectivity index (χ3v) is 5.37. The molecular weight excluding hydrogens is 388 g/mol. The van der Waals surface area contributed by atoms with Crippen LogP contribution in [0.25, 0.3) is 0 Å². The van der Waals surface area contributed by atoms with Gasteiger partial charge in [0.1, 0.15) is 19.0 Å². The lowest BCUT2D eigenvalue weighted by atomic mass is 10.2. The summed E-state index contributed by atoms with van der Waals surface area (Å²) in [5, 5.41) is 3.00. The normalized spacial score (nSPS) is 15.0. The first-order chi connectivity index (χ1) is 14.1. The molecule has 0 radical (unpaired) electrons. The van der Waals surface area contributed by atoms with Crippen molar-refractivity contribution in [2.24, 2.45) is 0 Å². The average molecular weight is 410 g/mol. The highest BCUT2D eigenvalue weighted by atomic mass is 32.1. The van der Waals surface area contributed by atoms with Crippen molar-refractivity contribution >= 4 is 17.2 Å². The molecule has 7 heteroatoms. The van der Waals surface area contributed by atoms with Gasteiger partial charge in [0.25, 0.3) is 5.91 Å². The number of nitrogens with zero attached hydrogens (tertiary/aromatic N) is 2. The summed E-state index contributed by atoms with van der Waals surface area (Å²) in [6.45, 7) is 3.23. The molecule has 6 nitrogen and oxygen atoms in total. The second kappa shape index (κ2) is 8.53. The number of carbonyl (C=O) groups is 1. The van der Waals surface area contributed by atoms with Crippen LogP contribution in [0.5, 0.6) is 17.2 Å². The fraction of sp³-hybridized carbons (Fsp3) is 0.273. The van der Waals surface area contributed by atoms with Crippen LogP contribution in [0.3, 0.4) is 0 Å². The van der Waals surface area contributed by atoms with Crippen molar-refractivity contribution < 1.29 is 19.0 Å². The monoisotopic (exact) mass is 410 g/mol. The molecular formula is C22H22N2O4S. The molecule has 0 unspecified atom stereocenters. The van der Waals surface area contributed by atoms with Crippen molar-refractivity contribution in [2.45, 2.75) is 19.6 Å². The highest BCUT2D eigenvalue weighted by Crippen LogP contribution is 2.31. The molecule has 150 valence electrons. The van der Waals surface area contributed by atoms with Crippen molar-refractivity contribution in [3.63, 3.8) is 0 Å². The molecule has 0 fully saturated rings. The van der Waals surface area contributed by atoms with Crippen molar-refractivity contribution in [1.29, 1.82) is 0 Å². The molecule has 0 saturated carbocycles. The van der Waals surface area contributed by atoms with Gasteiger partial charge < -0.3 is 19.1 Å². The smallest absolute Gasteiger partial charge is 0.253 e. The molecule has 4 rings (SSSR count). The summed E-state index contributed by atoms with van der Waals surface area (Å²) in [7, 11) is 1.77. The molecule has 2 heterocycles. The second-order valence-electron chi connectivity index (χ2n) is 6.85. The number of aromatic nitrogens is 1. The Morgan fingerprint density at radius 3 is 2.69 bits per heavy atom. The van der Waals surface area contributed by atoms with Gasteiger partial charge in [-0.25, -0.2) is 4.98 Å². The van der Waals surface area contributed by atoms with E-state index in [1.54, 1.807) is 47.5 Å². The SMILES string of the molecule is Cc1nc(COc2ccc(C(=O)N(C)C[C@H]3COc4ccccc4O3)cc2)cs1. The Morgan fingerprint density at radius 2 is 1.97 bits per heavy atom. The van der Waals surface area contributed by atoms with Crippen molar-refractivity contribution in [1.82, 2.24) is 9.88 Å². The Hall–Kier alpha value is -3.06. The van der Waals surface area contributed by atoms with Gasteiger partial charge in [0, 0.05) is 18.0 Å². The van der Waals surface area contributed by atoms with Crippen LogP contribution in [0.4, 0.5) is 0 Å². The van der Waals surface area contributed by atoms with E-state index in [1.807, 2.05) is 36.6 Å². The van der Waals surface area contributed by atoms with Crippen LogP contribution in [0.1, 0.15) is 21.1 Å². The standard InChI is InChI=1S/C22H22N2O4S/c1-15-23-17(14-29-15)12-26-18-9-7-16(8-10-18)22(25)24(2)11-19-13-27-20-5-3-4-6-21(20)28-19/h3-10,14,19H,11-13H2,1-2H3/t19-/m0/s1. The molecule has 1 aromatic heterocycles. The van der Waals surface area contributed by atoms with E-state index in [2.05, 4.69) is 4.98 Å². The summed E-state index contributed by atoms with van der Waals surface area (Å²) in [6.07, 6.45) is -0.206. The number of para-hydroxylation sites is 2. The third-order valence-electron chi connectivity index (χ3n) is 4.55. The van der Waals surface area contributed by atoms with E-state index in [4.69, 9.17) is 14.2 Å². The molecule has 0 aliphatic carbocycles. The lowest BCUT2D eigenvalue weighted by Gasteiger charge is -2.29. The highest BCUT2D eigenvalue weighted by molar-refractivity contribution is 7.09. The number of hydrogen-bond acceptors (Lipinski definition) is 6. The second-order valence-corrected chi connectivity index (χ2v) is 7.92. The van der Waals surface area contributed by atoms with E-state index in [0.717, 1.165) is 16.5 Å². The molecule has 0 N–H and O–H groups in total. The molecule has 29 heavy (non-hydrogen) atoms. The molecule has 0 bridgehead atoms. The summed E-state index contributed by atoms with van der Waals surface area (Å²) in [5.74, 6) is 2.08. The van der Waals surface area contributed by atoms with Crippen LogP contribution >= 0.6 is 11.3 Å². The van der Waals surface area contributed by atoms with Gasteiger partial charge in [0.15, 0.2) is 17.6 Å². The van der Waals surface area contributed by atoms with E-state index in [9.17, 15) is 4.79 Å². The summed E-state index contributed by atoms with van der Waals surface area (Å²) < 4.78 is 17.4. The molecule has 1 aliphatic rings. The fourth-order valence-electron chi connectivity index (χ4n) is 3.09. The van der Waals surface area contributed by atoms with Crippen LogP contribution < -0.4 is 14.2 Å². The van der Waals surface area contributed by atoms with E-state index in [-0.39, 0.29) is 12.0 Å². The minimum atomic E-state index is -0.206. The number of hydrogen-bond donors (Lipinski definition) is 0. The maximum Gasteiger partial charge on any atom is 0.253 e. The lowest BCUT2D eigenvalue weighted by Crippen LogP contribution is -2.41. The molecule has 1 atom stereocenters. The maximum atomic E-state index is 12.7. The van der Waals surface area contributed by atoms with Gasteiger partial charge in [-0.05, 0) is 43.3 Å². The molecule has 0 saturated heterocycles. The fourth-order valence-corrected chi connectivity index (χ4v) is 3.68. The molecule has 2 aromatic carbocycles. The Balaban J connectivity index is 1.31. The predicted octanol–water partition coefficient (Wildman–Crippen LogP) is 3.94. The van der Waals surface area contributed by atoms with Gasteiger partial charge in [0.05, 0.1) is 17.2 Å². The molecule has 0 spiro atoms. The zero-order valence-electron chi connectivity index (χ0n) is 16.3. The average Bonchev–Trinajstić information content (AvgIpc) is 3.17. The predicted molar refractivity (Wildman–Crippen MR) is 111 cm³/mol. The number of rotatable bonds is 6. The van der Waals surface area contributed by atoms with Crippen molar-refractivity contribution in [3.8, 4) is 17.2 Å². The van der Waals surface area contributed by atoms with Crippen LogP contribution in [-0.2, 0) is 6.61 Å². The topological polar surface area (TPSA) is 60.9 Å². The maximum absolute atomic E-state index is 12.7. The summed E-state index contributed by atoms with van der Waals surface area (Å²) in [4.78, 5) is 18.8. The van der Waals surface area contributed by atoms with Crippen LogP contribution in [-0.4, -0.2) is 42.1 Å². The van der Waals surface area contributed by atoms with Gasteiger partial charge in [0.2, 0.25) is 0 Å². The minimum absolute atomic E-state index is 0.0749. The van der Waals surface area contributed by atoms with Gasteiger partial charge in [-0.1, -0.05) is 12.1 Å². The van der Waals surface area contributed by atoms with E-state index in [1.165, 1.54) is 0 Å². The number of ether oxygens (including phenoxy) is 3. The zero-order chi connectivity index (χ0) is 20.2. The Labute approximate surface area is 173 Å². The molecule has 3 aromatic rings. The number of amides is 1. The summed E-state index contributed by atoms with van der Waals surface area (Å²) in [6, 6.07) is 14.7. The highest BCUT2D eigenvalue weighted by Gasteiger charge is 2.24. The zero-order valence-corrected chi connectivity index (χ0v) is 17.1. The largest absolute Gasteiger partial charge is 0.487 e. The first-order valence-electron chi connectivity index (χ1n) is 9.36. The minimum Gasteiger partial charge on any atom is -0.487 e. The van der Waals surface area contributed by atoms with Gasteiger partial charge in [-0.15, -0.1) is 11.3 Å². The van der Waals surface area contributed by atoms with E-state index in [0.29, 0.717) is 36.8 Å². The lowest BCUT2D eigenvalue weighted by molar-refractivity contribution is 0.0521. The first-order valence-corrected chi connectivity index (χ1v) is 10.2. The number of thiazole rings is 1. The van der Waals surface area contributed by atoms with Gasteiger partial charge in [-0.3, -0.25) is 4.79 Å². The summed E-state index contributed by atoms with van der Waals surface area (Å²) >= 11 is 1.60. The number of fused-ring (bicyclic) bond motifs is 1. The van der Waals surface area contributed by atoms with E-state index < -0.39 is 0 Å². The summed E-state index contributed by atoms with van der Waals surface area (Å²) in [5.41, 5.74) is 1.50. The number of likely N-dealkylation sites (N-methyl/N-ethyl adjacent to an activating group) is 1. The van der Waals surface area contributed by atoms with Crippen molar-refractivity contribution in [3.05, 3.63) is 70.2 Å². The Kier molecular flexibility index (Phi) is 5.67. The Bertz CT molecular complexity index is 986. The Morgan fingerprint density at radius 1 is 1.21 bits per heavy atom. The number of carbonyl (C=O) groups excluding carboxylic acids is 1. The molecule has 1 amide bonds. The van der Waals surface area contributed by atoms with Gasteiger partial charge in [-0.2, -0.15) is 0 Å². The number of benzene rings is 2. The molecule has 1 aliphatic heterocycles. The van der Waals surface area contributed by atoms with E-state index >= 15 is 0 Å². The number of aryl methyl sites for hydroxylation is 1. The van der Waals surface area contributed by atoms with Crippen LogP contribution in [0.15, 0.2) is 53.9 Å². The third kappa shape index (κ3) is 4.68. The quantitative estimate of drug-likeness (QED) is 0.616. The van der Waals surface area contributed by atoms with Gasteiger partial charge >= 0.3 is 0 Å².